The number of nitrogens with zero attached hydrogens (tertiary/aromatic N) is 1. The van der Waals surface area contributed by atoms with Crippen molar-refractivity contribution in [2.45, 2.75) is 13.3 Å². The highest BCUT2D eigenvalue weighted by Gasteiger charge is 2.10. The zero-order chi connectivity index (χ0) is 15.2. The summed E-state index contributed by atoms with van der Waals surface area (Å²) in [6.07, 6.45) is 2.47. The molecule has 2 aromatic rings. The van der Waals surface area contributed by atoms with Crippen LogP contribution in [0.15, 0.2) is 47.6 Å². The molecule has 0 aliphatic rings. The lowest BCUT2D eigenvalue weighted by Gasteiger charge is -2.03. The van der Waals surface area contributed by atoms with Gasteiger partial charge in [-0.3, -0.25) is 4.79 Å². The molecule has 0 aliphatic heterocycles. The van der Waals surface area contributed by atoms with E-state index in [4.69, 9.17) is 0 Å². The Balaban J connectivity index is 2.02. The van der Waals surface area contributed by atoms with E-state index in [-0.39, 0.29) is 17.1 Å². The topological polar surface area (TPSA) is 81.9 Å². The maximum Gasteiger partial charge on any atom is 0.275 e. The number of phenols is 2. The summed E-state index contributed by atoms with van der Waals surface area (Å²) in [4.78, 5) is 11.8. The van der Waals surface area contributed by atoms with Gasteiger partial charge in [-0.25, -0.2) is 5.43 Å². The predicted molar refractivity (Wildman–Crippen MR) is 80.7 cm³/mol. The Kier molecular flexibility index (Phi) is 4.56. The van der Waals surface area contributed by atoms with Gasteiger partial charge in [0, 0.05) is 0 Å². The van der Waals surface area contributed by atoms with Crippen LogP contribution in [0.1, 0.15) is 28.4 Å². The normalized spacial score (nSPS) is 10.7. The van der Waals surface area contributed by atoms with Crippen molar-refractivity contribution in [2.75, 3.05) is 0 Å². The molecule has 0 bridgehead atoms. The van der Waals surface area contributed by atoms with Crippen LogP contribution in [0, 0.1) is 0 Å². The van der Waals surface area contributed by atoms with Gasteiger partial charge in [0.05, 0.1) is 11.8 Å². The smallest absolute Gasteiger partial charge is 0.275 e. The minimum absolute atomic E-state index is 0.0338. The fourth-order valence-electron chi connectivity index (χ4n) is 1.77. The average molecular weight is 284 g/mol. The minimum Gasteiger partial charge on any atom is -0.508 e. The van der Waals surface area contributed by atoms with Crippen molar-refractivity contribution in [1.82, 2.24) is 5.43 Å². The number of carbonyl (C=O) groups excluding carboxylic acids is 1. The molecule has 0 aliphatic carbocycles. The molecular formula is C16H16N2O3. The van der Waals surface area contributed by atoms with E-state index in [0.717, 1.165) is 12.0 Å². The Bertz CT molecular complexity index is 664. The fraction of sp³-hybridized carbons (Fsp3) is 0.125. The van der Waals surface area contributed by atoms with Gasteiger partial charge < -0.3 is 10.2 Å². The molecule has 108 valence electrons. The number of hydrogen-bond donors (Lipinski definition) is 3. The molecule has 0 heterocycles. The minimum atomic E-state index is -0.593. The highest BCUT2D eigenvalue weighted by molar-refractivity contribution is 5.97. The highest BCUT2D eigenvalue weighted by Crippen LogP contribution is 2.21. The van der Waals surface area contributed by atoms with Crippen molar-refractivity contribution in [3.05, 3.63) is 59.2 Å². The standard InChI is InChI=1S/C16H16N2O3/c1-2-11-3-5-12(6-4-11)10-17-18-16(21)14-9-13(19)7-8-15(14)20/h3-10,19-20H,2H2,1H3,(H,18,21)/b17-10-. The summed E-state index contributed by atoms with van der Waals surface area (Å²) >= 11 is 0. The number of phenolic OH excluding ortho intramolecular Hbond substituents is 2. The molecule has 5 heteroatoms. The molecule has 0 radical (unpaired) electrons. The average Bonchev–Trinajstić information content (AvgIpc) is 2.50. The molecule has 2 rings (SSSR count). The van der Waals surface area contributed by atoms with Gasteiger partial charge in [0.15, 0.2) is 0 Å². The fourth-order valence-corrected chi connectivity index (χ4v) is 1.77. The Labute approximate surface area is 122 Å². The number of hydrogen-bond acceptors (Lipinski definition) is 4. The van der Waals surface area contributed by atoms with Gasteiger partial charge in [-0.2, -0.15) is 5.10 Å². The zero-order valence-electron chi connectivity index (χ0n) is 11.6. The van der Waals surface area contributed by atoms with Crippen LogP contribution in [-0.2, 0) is 6.42 Å². The number of aromatic hydroxyl groups is 2. The van der Waals surface area contributed by atoms with E-state index >= 15 is 0 Å². The summed E-state index contributed by atoms with van der Waals surface area (Å²) in [6.45, 7) is 2.07. The van der Waals surface area contributed by atoms with Crippen LogP contribution in [0.2, 0.25) is 0 Å². The van der Waals surface area contributed by atoms with Crippen LogP contribution in [0.3, 0.4) is 0 Å². The summed E-state index contributed by atoms with van der Waals surface area (Å²) in [6, 6.07) is 11.5. The number of nitrogens with one attached hydrogen (secondary N) is 1. The molecule has 0 saturated heterocycles. The third kappa shape index (κ3) is 3.82. The largest absolute Gasteiger partial charge is 0.508 e. The molecule has 0 atom stereocenters. The molecule has 5 nitrogen and oxygen atoms in total. The van der Waals surface area contributed by atoms with Crippen molar-refractivity contribution < 1.29 is 15.0 Å². The van der Waals surface area contributed by atoms with Crippen LogP contribution >= 0.6 is 0 Å². The molecule has 0 fully saturated rings. The number of aryl methyl sites for hydroxylation is 1. The van der Waals surface area contributed by atoms with Crippen LogP contribution in [0.5, 0.6) is 11.5 Å². The molecular weight excluding hydrogens is 268 g/mol. The molecule has 0 saturated carbocycles. The monoisotopic (exact) mass is 284 g/mol. The summed E-state index contributed by atoms with van der Waals surface area (Å²) < 4.78 is 0. The quantitative estimate of drug-likeness (QED) is 0.458. The summed E-state index contributed by atoms with van der Waals surface area (Å²) in [7, 11) is 0. The number of benzene rings is 2. The van der Waals surface area contributed by atoms with Gasteiger partial charge in [0.2, 0.25) is 0 Å². The number of rotatable bonds is 4. The first-order valence-electron chi connectivity index (χ1n) is 6.54. The Morgan fingerprint density at radius 1 is 1.19 bits per heavy atom. The van der Waals surface area contributed by atoms with Crippen LogP contribution in [0.4, 0.5) is 0 Å². The lowest BCUT2D eigenvalue weighted by molar-refractivity contribution is 0.0952. The van der Waals surface area contributed by atoms with E-state index in [1.165, 1.54) is 30.0 Å². The van der Waals surface area contributed by atoms with E-state index < -0.39 is 5.91 Å². The van der Waals surface area contributed by atoms with Crippen molar-refractivity contribution in [2.24, 2.45) is 5.10 Å². The van der Waals surface area contributed by atoms with Crippen molar-refractivity contribution in [3.63, 3.8) is 0 Å². The maximum atomic E-state index is 11.8. The molecule has 2 aromatic carbocycles. The first kappa shape index (κ1) is 14.6. The van der Waals surface area contributed by atoms with Gasteiger partial charge in [-0.05, 0) is 35.7 Å². The van der Waals surface area contributed by atoms with E-state index in [1.807, 2.05) is 24.3 Å². The zero-order valence-corrected chi connectivity index (χ0v) is 11.6. The van der Waals surface area contributed by atoms with Gasteiger partial charge in [0.1, 0.15) is 11.5 Å². The van der Waals surface area contributed by atoms with Crippen molar-refractivity contribution >= 4 is 12.1 Å². The van der Waals surface area contributed by atoms with Gasteiger partial charge in [-0.1, -0.05) is 31.2 Å². The second-order valence-corrected chi connectivity index (χ2v) is 4.50. The number of hydrazone groups is 1. The Morgan fingerprint density at radius 2 is 1.90 bits per heavy atom. The molecule has 0 unspecified atom stereocenters. The second-order valence-electron chi connectivity index (χ2n) is 4.50. The van der Waals surface area contributed by atoms with Crippen LogP contribution < -0.4 is 5.43 Å². The van der Waals surface area contributed by atoms with Gasteiger partial charge >= 0.3 is 0 Å². The van der Waals surface area contributed by atoms with E-state index in [9.17, 15) is 15.0 Å². The van der Waals surface area contributed by atoms with Crippen LogP contribution in [-0.4, -0.2) is 22.3 Å². The lowest BCUT2D eigenvalue weighted by Crippen LogP contribution is -2.17. The van der Waals surface area contributed by atoms with Gasteiger partial charge in [-0.15, -0.1) is 0 Å². The first-order valence-corrected chi connectivity index (χ1v) is 6.54. The van der Waals surface area contributed by atoms with E-state index in [1.54, 1.807) is 0 Å². The van der Waals surface area contributed by atoms with E-state index in [0.29, 0.717) is 0 Å². The number of carbonyl (C=O) groups is 1. The lowest BCUT2D eigenvalue weighted by atomic mass is 10.1. The predicted octanol–water partition coefficient (Wildman–Crippen LogP) is 2.42. The van der Waals surface area contributed by atoms with Crippen LogP contribution in [0.25, 0.3) is 0 Å². The molecule has 3 N–H and O–H groups in total. The highest BCUT2D eigenvalue weighted by atomic mass is 16.3. The summed E-state index contributed by atoms with van der Waals surface area (Å²) in [5.41, 5.74) is 4.35. The first-order chi connectivity index (χ1) is 10.1. The molecule has 1 amide bonds. The maximum absolute atomic E-state index is 11.8. The summed E-state index contributed by atoms with van der Waals surface area (Å²) in [5.74, 6) is -0.908. The summed E-state index contributed by atoms with van der Waals surface area (Å²) in [5, 5.41) is 22.7. The van der Waals surface area contributed by atoms with Crippen molar-refractivity contribution in [3.8, 4) is 11.5 Å². The molecule has 0 spiro atoms. The van der Waals surface area contributed by atoms with Gasteiger partial charge in [0.25, 0.3) is 5.91 Å². The molecule has 21 heavy (non-hydrogen) atoms. The Hall–Kier alpha value is -2.82. The SMILES string of the molecule is CCc1ccc(/C=N\NC(=O)c2cc(O)ccc2O)cc1. The third-order valence-corrected chi connectivity index (χ3v) is 2.99. The third-order valence-electron chi connectivity index (χ3n) is 2.99. The van der Waals surface area contributed by atoms with Crippen molar-refractivity contribution in [1.29, 1.82) is 0 Å². The second kappa shape index (κ2) is 6.56. The van der Waals surface area contributed by atoms with E-state index in [2.05, 4.69) is 17.5 Å². The molecule has 0 aromatic heterocycles. The number of amides is 1. The Morgan fingerprint density at radius 3 is 2.57 bits per heavy atom.